The zero-order valence-corrected chi connectivity index (χ0v) is 19.1. The number of hydrogen-bond acceptors (Lipinski definition) is 0. The third-order valence-electron chi connectivity index (χ3n) is 10.2. The highest BCUT2D eigenvalue weighted by atomic mass is 14.7. The minimum atomic E-state index is 0.620. The maximum atomic E-state index is 2.73. The van der Waals surface area contributed by atoms with Gasteiger partial charge in [-0.05, 0) is 90.8 Å². The van der Waals surface area contributed by atoms with Crippen LogP contribution in [0, 0.1) is 52.3 Å². The molecule has 0 saturated heterocycles. The van der Waals surface area contributed by atoms with Crippen LogP contribution in [0.25, 0.3) is 0 Å². The molecular formula is C26H48. The van der Waals surface area contributed by atoms with Crippen LogP contribution in [-0.4, -0.2) is 0 Å². The minimum Gasteiger partial charge on any atom is -0.0654 e. The summed E-state index contributed by atoms with van der Waals surface area (Å²) in [5.41, 5.74) is 1.27. The van der Waals surface area contributed by atoms with E-state index in [1.54, 1.807) is 6.42 Å². The van der Waals surface area contributed by atoms with Gasteiger partial charge in [-0.25, -0.2) is 0 Å². The lowest BCUT2D eigenvalue weighted by Gasteiger charge is -2.61. The van der Waals surface area contributed by atoms with Gasteiger partial charge in [-0.1, -0.05) is 74.1 Å². The van der Waals surface area contributed by atoms with Crippen LogP contribution in [0.1, 0.15) is 113 Å². The minimum absolute atomic E-state index is 0.620. The summed E-state index contributed by atoms with van der Waals surface area (Å²) in [6.45, 7) is 17.9. The van der Waals surface area contributed by atoms with Gasteiger partial charge in [0.25, 0.3) is 0 Å². The van der Waals surface area contributed by atoms with Crippen molar-refractivity contribution in [3.63, 3.8) is 0 Å². The van der Waals surface area contributed by atoms with Crippen LogP contribution in [0.15, 0.2) is 0 Å². The highest BCUT2D eigenvalue weighted by Gasteiger charge is 2.60. The molecule has 3 fully saturated rings. The van der Waals surface area contributed by atoms with Crippen LogP contribution in [-0.2, 0) is 0 Å². The van der Waals surface area contributed by atoms with Gasteiger partial charge in [0.15, 0.2) is 0 Å². The molecule has 0 N–H and O–H groups in total. The van der Waals surface area contributed by atoms with Gasteiger partial charge in [0.2, 0.25) is 0 Å². The van der Waals surface area contributed by atoms with Crippen LogP contribution in [0.3, 0.4) is 0 Å². The predicted octanol–water partition coefficient (Wildman–Crippen LogP) is 8.35. The van der Waals surface area contributed by atoms with E-state index in [-0.39, 0.29) is 0 Å². The van der Waals surface area contributed by atoms with E-state index in [0.717, 1.165) is 41.4 Å². The molecular weight excluding hydrogens is 312 g/mol. The fourth-order valence-electron chi connectivity index (χ4n) is 9.13. The van der Waals surface area contributed by atoms with Crippen LogP contribution in [0.5, 0.6) is 0 Å². The van der Waals surface area contributed by atoms with Crippen molar-refractivity contribution in [3.05, 3.63) is 0 Å². The van der Waals surface area contributed by atoms with Crippen LogP contribution < -0.4 is 0 Å². The molecule has 0 aromatic rings. The van der Waals surface area contributed by atoms with Crippen molar-refractivity contribution in [2.45, 2.75) is 113 Å². The van der Waals surface area contributed by atoms with E-state index in [0.29, 0.717) is 10.8 Å². The average Bonchev–Trinajstić information content (AvgIpc) is 2.95. The second-order valence-corrected chi connectivity index (χ2v) is 11.4. The molecule has 0 heteroatoms. The summed E-state index contributed by atoms with van der Waals surface area (Å²) in [4.78, 5) is 0. The molecule has 0 bridgehead atoms. The Labute approximate surface area is 165 Å². The Kier molecular flexibility index (Phi) is 6.21. The summed E-state index contributed by atoms with van der Waals surface area (Å²) in [5.74, 6) is 6.92. The number of rotatable bonds is 6. The van der Waals surface area contributed by atoms with Gasteiger partial charge in [-0.2, -0.15) is 0 Å². The first-order valence-electron chi connectivity index (χ1n) is 12.3. The second-order valence-electron chi connectivity index (χ2n) is 11.4. The zero-order chi connectivity index (χ0) is 19.1. The normalized spacial score (nSPS) is 49.5. The first-order valence-corrected chi connectivity index (χ1v) is 12.3. The number of hydrogen-bond donors (Lipinski definition) is 0. The van der Waals surface area contributed by atoms with E-state index in [2.05, 4.69) is 48.5 Å². The van der Waals surface area contributed by atoms with Gasteiger partial charge in [-0.15, -0.1) is 0 Å². The lowest BCUT2D eigenvalue weighted by atomic mass is 9.43. The smallest absolute Gasteiger partial charge is 0.0264 e. The Balaban J connectivity index is 1.89. The maximum Gasteiger partial charge on any atom is -0.0264 e. The monoisotopic (exact) mass is 360 g/mol. The van der Waals surface area contributed by atoms with E-state index < -0.39 is 0 Å². The molecule has 3 aliphatic rings. The topological polar surface area (TPSA) is 0 Å². The van der Waals surface area contributed by atoms with Crippen molar-refractivity contribution in [2.24, 2.45) is 52.3 Å². The van der Waals surface area contributed by atoms with Crippen molar-refractivity contribution in [1.82, 2.24) is 0 Å². The van der Waals surface area contributed by atoms with E-state index in [9.17, 15) is 0 Å². The van der Waals surface area contributed by atoms with Crippen LogP contribution in [0.4, 0.5) is 0 Å². The summed E-state index contributed by atoms with van der Waals surface area (Å²) in [5, 5.41) is 0. The van der Waals surface area contributed by atoms with Gasteiger partial charge >= 0.3 is 0 Å². The molecule has 3 rings (SSSR count). The van der Waals surface area contributed by atoms with E-state index in [4.69, 9.17) is 0 Å². The molecule has 0 amide bonds. The molecule has 0 nitrogen and oxygen atoms in total. The molecule has 9 atom stereocenters. The quantitative estimate of drug-likeness (QED) is 0.446. The van der Waals surface area contributed by atoms with E-state index in [1.165, 1.54) is 57.8 Å². The Hall–Kier alpha value is 0. The third kappa shape index (κ3) is 3.10. The largest absolute Gasteiger partial charge is 0.0654 e. The van der Waals surface area contributed by atoms with Crippen molar-refractivity contribution >= 4 is 0 Å². The Morgan fingerprint density at radius 2 is 1.69 bits per heavy atom. The Bertz CT molecular complexity index is 467. The Morgan fingerprint density at radius 3 is 2.31 bits per heavy atom. The fourth-order valence-corrected chi connectivity index (χ4v) is 9.13. The van der Waals surface area contributed by atoms with Crippen molar-refractivity contribution < 1.29 is 0 Å². The van der Waals surface area contributed by atoms with Gasteiger partial charge in [0.1, 0.15) is 0 Å². The molecule has 26 heavy (non-hydrogen) atoms. The molecule has 0 aliphatic heterocycles. The molecule has 3 aliphatic carbocycles. The predicted molar refractivity (Wildman–Crippen MR) is 115 cm³/mol. The van der Waals surface area contributed by atoms with Gasteiger partial charge in [0.05, 0.1) is 0 Å². The average molecular weight is 361 g/mol. The van der Waals surface area contributed by atoms with Crippen LogP contribution >= 0.6 is 0 Å². The van der Waals surface area contributed by atoms with Crippen LogP contribution in [0.2, 0.25) is 0 Å². The molecule has 0 heterocycles. The first kappa shape index (κ1) is 20.7. The lowest BCUT2D eigenvalue weighted by Crippen LogP contribution is -2.54. The van der Waals surface area contributed by atoms with Crippen molar-refractivity contribution in [3.8, 4) is 0 Å². The second kappa shape index (κ2) is 7.79. The summed E-state index contributed by atoms with van der Waals surface area (Å²) in [6.07, 6.45) is 14.7. The SMILES string of the molecule is CCCC(C)C1CCC2C3C(C)CC(CC)C(C)(CCC)C3CCC12C. The maximum absolute atomic E-state index is 2.73. The summed E-state index contributed by atoms with van der Waals surface area (Å²) < 4.78 is 0. The molecule has 3 saturated carbocycles. The highest BCUT2D eigenvalue weighted by molar-refractivity contribution is 5.09. The lowest BCUT2D eigenvalue weighted by molar-refractivity contribution is -0.128. The third-order valence-corrected chi connectivity index (χ3v) is 10.2. The van der Waals surface area contributed by atoms with Gasteiger partial charge < -0.3 is 0 Å². The molecule has 0 spiro atoms. The zero-order valence-electron chi connectivity index (χ0n) is 19.1. The van der Waals surface area contributed by atoms with E-state index >= 15 is 0 Å². The molecule has 0 aromatic carbocycles. The highest BCUT2D eigenvalue weighted by Crippen LogP contribution is 2.68. The standard InChI is InChI=1S/C26H48/c1-8-11-18(4)21-12-13-22-24-19(5)17-20(10-3)25(6,15-9-2)23(24)14-16-26(21,22)7/h18-24H,8-17H2,1-7H3. The summed E-state index contributed by atoms with van der Waals surface area (Å²) in [7, 11) is 0. The van der Waals surface area contributed by atoms with E-state index in [1.807, 2.05) is 0 Å². The van der Waals surface area contributed by atoms with Crippen molar-refractivity contribution in [2.75, 3.05) is 0 Å². The fraction of sp³-hybridized carbons (Fsp3) is 1.00. The first-order chi connectivity index (χ1) is 12.3. The van der Waals surface area contributed by atoms with Crippen molar-refractivity contribution in [1.29, 1.82) is 0 Å². The molecule has 0 radical (unpaired) electrons. The van der Waals surface area contributed by atoms with Gasteiger partial charge in [-0.3, -0.25) is 0 Å². The molecule has 9 unspecified atom stereocenters. The Morgan fingerprint density at radius 1 is 0.962 bits per heavy atom. The van der Waals surface area contributed by atoms with Gasteiger partial charge in [0, 0.05) is 0 Å². The molecule has 0 aromatic heterocycles. The summed E-state index contributed by atoms with van der Waals surface area (Å²) in [6, 6.07) is 0. The number of fused-ring (bicyclic) bond motifs is 3. The summed E-state index contributed by atoms with van der Waals surface area (Å²) >= 11 is 0. The molecule has 152 valence electrons.